The van der Waals surface area contributed by atoms with Crippen LogP contribution in [0.15, 0.2) is 42.5 Å². The number of H-pyrrole nitrogens is 1. The Morgan fingerprint density at radius 1 is 1.33 bits per heavy atom. The van der Waals surface area contributed by atoms with Crippen molar-refractivity contribution in [3.8, 4) is 5.75 Å². The van der Waals surface area contributed by atoms with E-state index < -0.39 is 0 Å². The van der Waals surface area contributed by atoms with Crippen molar-refractivity contribution in [2.75, 3.05) is 18.6 Å². The van der Waals surface area contributed by atoms with Crippen molar-refractivity contribution < 1.29 is 9.53 Å². The number of aromatic nitrogens is 2. The van der Waals surface area contributed by atoms with Crippen molar-refractivity contribution in [2.45, 2.75) is 19.4 Å². The second kappa shape index (κ2) is 9.15. The highest BCUT2D eigenvalue weighted by Crippen LogP contribution is 2.22. The van der Waals surface area contributed by atoms with Gasteiger partial charge >= 0.3 is 0 Å². The van der Waals surface area contributed by atoms with Crippen LogP contribution in [-0.2, 0) is 4.79 Å². The molecule has 0 aliphatic rings. The smallest absolute Gasteiger partial charge is 0.258 e. The average Bonchev–Trinajstić information content (AvgIpc) is 3.10. The molecule has 0 aliphatic carbocycles. The largest absolute Gasteiger partial charge is 0.484 e. The Labute approximate surface area is 167 Å². The Bertz CT molecular complexity index is 895. The third-order valence-corrected chi connectivity index (χ3v) is 5.25. The van der Waals surface area contributed by atoms with E-state index in [-0.39, 0.29) is 18.6 Å². The number of aromatic amines is 1. The fraction of sp³-hybridized carbons (Fsp3) is 0.300. The second-order valence-electron chi connectivity index (χ2n) is 6.24. The first kappa shape index (κ1) is 19.6. The normalized spacial score (nSPS) is 12.1. The van der Waals surface area contributed by atoms with E-state index in [1.165, 1.54) is 0 Å². The molecule has 0 saturated carbocycles. The third kappa shape index (κ3) is 5.17. The highest BCUT2D eigenvalue weighted by atomic mass is 35.5. The number of halogens is 1. The number of carbonyl (C=O) groups excluding carboxylic acids is 1. The molecule has 0 fully saturated rings. The van der Waals surface area contributed by atoms with Gasteiger partial charge in [0.2, 0.25) is 0 Å². The molecule has 3 rings (SSSR count). The molecular weight excluding hydrogens is 382 g/mol. The van der Waals surface area contributed by atoms with Gasteiger partial charge in [0.1, 0.15) is 11.6 Å². The quantitative estimate of drug-likeness (QED) is 0.580. The van der Waals surface area contributed by atoms with Gasteiger partial charge in [0, 0.05) is 5.02 Å². The molecule has 1 heterocycles. The van der Waals surface area contributed by atoms with Crippen LogP contribution in [0.2, 0.25) is 5.02 Å². The predicted molar refractivity (Wildman–Crippen MR) is 112 cm³/mol. The Hall–Kier alpha value is -2.18. The molecule has 0 radical (unpaired) electrons. The number of fused-ring (bicyclic) bond motifs is 1. The summed E-state index contributed by atoms with van der Waals surface area (Å²) in [7, 11) is 0. The van der Waals surface area contributed by atoms with Crippen LogP contribution in [0.1, 0.15) is 23.9 Å². The number of benzene rings is 2. The lowest BCUT2D eigenvalue weighted by Gasteiger charge is -2.16. The maximum Gasteiger partial charge on any atom is 0.258 e. The zero-order valence-electron chi connectivity index (χ0n) is 15.3. The van der Waals surface area contributed by atoms with E-state index in [4.69, 9.17) is 16.3 Å². The molecule has 1 atom stereocenters. The second-order valence-corrected chi connectivity index (χ2v) is 7.63. The number of hydrogen-bond donors (Lipinski definition) is 2. The number of thioether (sulfide) groups is 1. The molecule has 1 aromatic heterocycles. The molecule has 142 valence electrons. The van der Waals surface area contributed by atoms with Crippen LogP contribution in [0.3, 0.4) is 0 Å². The van der Waals surface area contributed by atoms with Gasteiger partial charge in [0.05, 0.1) is 17.1 Å². The molecule has 0 aliphatic heterocycles. The van der Waals surface area contributed by atoms with Gasteiger partial charge in [0.15, 0.2) is 6.61 Å². The van der Waals surface area contributed by atoms with Crippen molar-refractivity contribution >= 4 is 40.3 Å². The van der Waals surface area contributed by atoms with Crippen LogP contribution < -0.4 is 10.1 Å². The van der Waals surface area contributed by atoms with Gasteiger partial charge in [-0.15, -0.1) is 0 Å². The lowest BCUT2D eigenvalue weighted by atomic mass is 10.2. The van der Waals surface area contributed by atoms with Crippen LogP contribution in [0.4, 0.5) is 0 Å². The summed E-state index contributed by atoms with van der Waals surface area (Å²) in [4.78, 5) is 20.4. The van der Waals surface area contributed by atoms with E-state index in [1.54, 1.807) is 23.9 Å². The Morgan fingerprint density at radius 3 is 2.89 bits per heavy atom. The molecule has 2 N–H and O–H groups in total. The Morgan fingerprint density at radius 2 is 2.15 bits per heavy atom. The Kier molecular flexibility index (Phi) is 6.63. The van der Waals surface area contributed by atoms with E-state index >= 15 is 0 Å². The topological polar surface area (TPSA) is 67.0 Å². The fourth-order valence-electron chi connectivity index (χ4n) is 2.74. The van der Waals surface area contributed by atoms with E-state index in [1.807, 2.05) is 43.5 Å². The Balaban J connectivity index is 1.66. The summed E-state index contributed by atoms with van der Waals surface area (Å²) in [6.07, 6.45) is 2.83. The van der Waals surface area contributed by atoms with Gasteiger partial charge < -0.3 is 15.0 Å². The first-order valence-corrected chi connectivity index (χ1v) is 10.5. The number of amides is 1. The van der Waals surface area contributed by atoms with E-state index in [0.717, 1.165) is 34.6 Å². The third-order valence-electron chi connectivity index (χ3n) is 4.18. The number of ether oxygens (including phenoxy) is 1. The summed E-state index contributed by atoms with van der Waals surface area (Å²) in [6.45, 7) is 1.84. The highest BCUT2D eigenvalue weighted by Gasteiger charge is 2.18. The summed E-state index contributed by atoms with van der Waals surface area (Å²) >= 11 is 7.75. The van der Waals surface area contributed by atoms with E-state index in [0.29, 0.717) is 10.8 Å². The van der Waals surface area contributed by atoms with Gasteiger partial charge in [-0.2, -0.15) is 11.8 Å². The van der Waals surface area contributed by atoms with Crippen LogP contribution in [0, 0.1) is 6.92 Å². The number of imidazole rings is 1. The predicted octanol–water partition coefficient (Wildman–Crippen LogP) is 4.51. The minimum atomic E-state index is -0.187. The van der Waals surface area contributed by atoms with Gasteiger partial charge in [-0.05, 0) is 61.2 Å². The van der Waals surface area contributed by atoms with Gasteiger partial charge in [-0.1, -0.05) is 23.7 Å². The molecule has 1 amide bonds. The fourth-order valence-corrected chi connectivity index (χ4v) is 3.33. The molecule has 27 heavy (non-hydrogen) atoms. The number of nitrogens with one attached hydrogen (secondary N) is 2. The van der Waals surface area contributed by atoms with Gasteiger partial charge in [-0.3, -0.25) is 4.79 Å². The molecule has 0 bridgehead atoms. The van der Waals surface area contributed by atoms with Crippen molar-refractivity contribution in [1.82, 2.24) is 15.3 Å². The SMILES string of the molecule is CSCC[C@@H](NC(=O)COc1ccc(Cl)c(C)c1)c1nc2ccccc2[nH]1. The lowest BCUT2D eigenvalue weighted by Crippen LogP contribution is -2.33. The summed E-state index contributed by atoms with van der Waals surface area (Å²) in [6, 6.07) is 13.0. The number of hydrogen-bond acceptors (Lipinski definition) is 4. The molecule has 3 aromatic rings. The maximum absolute atomic E-state index is 12.4. The number of para-hydroxylation sites is 2. The van der Waals surface area contributed by atoms with Crippen LogP contribution in [0.5, 0.6) is 5.75 Å². The first-order chi connectivity index (χ1) is 13.1. The molecular formula is C20H22ClN3O2S. The summed E-state index contributed by atoms with van der Waals surface area (Å²) < 4.78 is 5.60. The lowest BCUT2D eigenvalue weighted by molar-refractivity contribution is -0.123. The maximum atomic E-state index is 12.4. The zero-order chi connectivity index (χ0) is 19.2. The van der Waals surface area contributed by atoms with Gasteiger partial charge in [0.25, 0.3) is 5.91 Å². The minimum absolute atomic E-state index is 0.0585. The number of nitrogens with zero attached hydrogens (tertiary/aromatic N) is 1. The summed E-state index contributed by atoms with van der Waals surface area (Å²) in [5, 5.41) is 3.70. The van der Waals surface area contributed by atoms with Crippen molar-refractivity contribution in [3.05, 3.63) is 58.9 Å². The molecule has 5 nitrogen and oxygen atoms in total. The van der Waals surface area contributed by atoms with Crippen LogP contribution >= 0.6 is 23.4 Å². The number of aryl methyl sites for hydroxylation is 1. The number of carbonyl (C=O) groups is 1. The molecule has 0 unspecified atom stereocenters. The first-order valence-electron chi connectivity index (χ1n) is 8.68. The molecule has 0 saturated heterocycles. The molecule has 7 heteroatoms. The highest BCUT2D eigenvalue weighted by molar-refractivity contribution is 7.98. The van der Waals surface area contributed by atoms with E-state index in [2.05, 4.69) is 15.3 Å². The molecule has 2 aromatic carbocycles. The monoisotopic (exact) mass is 403 g/mol. The van der Waals surface area contributed by atoms with Gasteiger partial charge in [-0.25, -0.2) is 4.98 Å². The van der Waals surface area contributed by atoms with Crippen LogP contribution in [-0.4, -0.2) is 34.5 Å². The molecule has 0 spiro atoms. The van der Waals surface area contributed by atoms with Crippen molar-refractivity contribution in [1.29, 1.82) is 0 Å². The number of rotatable bonds is 8. The summed E-state index contributed by atoms with van der Waals surface area (Å²) in [5.41, 5.74) is 2.77. The standard InChI is InChI=1S/C20H22ClN3O2S/c1-13-11-14(7-8-15(13)21)26-12-19(25)22-18(9-10-27-2)20-23-16-5-3-4-6-17(16)24-20/h3-8,11,18H,9-10,12H2,1-2H3,(H,22,25)(H,23,24)/t18-/m1/s1. The average molecular weight is 404 g/mol. The van der Waals surface area contributed by atoms with Crippen LogP contribution in [0.25, 0.3) is 11.0 Å². The minimum Gasteiger partial charge on any atom is -0.484 e. The summed E-state index contributed by atoms with van der Waals surface area (Å²) in [5.74, 6) is 2.12. The van der Waals surface area contributed by atoms with Crippen molar-refractivity contribution in [2.24, 2.45) is 0 Å². The van der Waals surface area contributed by atoms with E-state index in [9.17, 15) is 4.79 Å². The van der Waals surface area contributed by atoms with Crippen molar-refractivity contribution in [3.63, 3.8) is 0 Å². The zero-order valence-corrected chi connectivity index (χ0v) is 16.9.